The number of allylic oxidation sites excluding steroid dienone is 2. The zero-order chi connectivity index (χ0) is 18.9. The summed E-state index contributed by atoms with van der Waals surface area (Å²) < 4.78 is 5.35. The monoisotopic (exact) mass is 363 g/mol. The first kappa shape index (κ1) is 16.6. The molecule has 0 amide bonds. The Morgan fingerprint density at radius 2 is 1.54 bits per heavy atom. The van der Waals surface area contributed by atoms with Gasteiger partial charge in [-0.1, -0.05) is 78.9 Å². The van der Waals surface area contributed by atoms with Gasteiger partial charge in [0, 0.05) is 17.0 Å². The van der Waals surface area contributed by atoms with Gasteiger partial charge in [-0.15, -0.1) is 0 Å². The summed E-state index contributed by atoms with van der Waals surface area (Å²) in [6.07, 6.45) is 8.95. The molecule has 136 valence electrons. The van der Waals surface area contributed by atoms with Gasteiger partial charge in [0.05, 0.1) is 13.2 Å². The number of benzene rings is 3. The van der Waals surface area contributed by atoms with Gasteiger partial charge in [0.2, 0.25) is 0 Å². The number of hydrogen-bond donors (Lipinski definition) is 0. The van der Waals surface area contributed by atoms with Crippen LogP contribution in [0.2, 0.25) is 0 Å². The first-order chi connectivity index (χ1) is 13.8. The molecule has 0 aromatic heterocycles. The molecule has 0 aliphatic carbocycles. The van der Waals surface area contributed by atoms with Gasteiger partial charge in [-0.3, -0.25) is 0 Å². The second kappa shape index (κ2) is 6.90. The summed E-state index contributed by atoms with van der Waals surface area (Å²) in [5.74, 6) is 0.877. The van der Waals surface area contributed by atoms with Gasteiger partial charge < -0.3 is 9.64 Å². The Balaban J connectivity index is 1.68. The summed E-state index contributed by atoms with van der Waals surface area (Å²) in [6, 6.07) is 27.7. The minimum Gasteiger partial charge on any atom is -0.497 e. The molecule has 2 nitrogen and oxygen atoms in total. The van der Waals surface area contributed by atoms with Gasteiger partial charge in [0.1, 0.15) is 5.75 Å². The number of ether oxygens (including phenoxy) is 1. The highest BCUT2D eigenvalue weighted by molar-refractivity contribution is 5.95. The van der Waals surface area contributed by atoms with E-state index in [1.807, 2.05) is 12.1 Å². The molecular weight excluding hydrogens is 342 g/mol. The summed E-state index contributed by atoms with van der Waals surface area (Å²) >= 11 is 0. The molecule has 0 N–H and O–H groups in total. The van der Waals surface area contributed by atoms with E-state index >= 15 is 0 Å². The van der Waals surface area contributed by atoms with Crippen molar-refractivity contribution < 1.29 is 4.74 Å². The number of methoxy groups -OCH3 is 1. The molecule has 2 aliphatic rings. The second-order valence-corrected chi connectivity index (χ2v) is 7.01. The van der Waals surface area contributed by atoms with Crippen molar-refractivity contribution >= 4 is 17.5 Å². The quantitative estimate of drug-likeness (QED) is 0.552. The van der Waals surface area contributed by atoms with Crippen LogP contribution in [0.1, 0.15) is 28.3 Å². The molecule has 0 saturated carbocycles. The molecule has 5 rings (SSSR count). The van der Waals surface area contributed by atoms with Crippen molar-refractivity contribution in [1.82, 2.24) is 4.90 Å². The van der Waals surface area contributed by atoms with Crippen molar-refractivity contribution in [2.24, 2.45) is 0 Å². The van der Waals surface area contributed by atoms with Crippen LogP contribution in [0.4, 0.5) is 0 Å². The maximum atomic E-state index is 5.35. The number of nitrogens with zero attached hydrogens (tertiary/aromatic N) is 1. The van der Waals surface area contributed by atoms with Crippen LogP contribution in [0.15, 0.2) is 97.1 Å². The van der Waals surface area contributed by atoms with Gasteiger partial charge in [0.15, 0.2) is 0 Å². The fraction of sp³-hybridized carbons (Fsp3) is 0.0769. The Labute approximate surface area is 165 Å². The summed E-state index contributed by atoms with van der Waals surface area (Å²) in [6.45, 7) is 0. The molecule has 3 aromatic rings. The highest BCUT2D eigenvalue weighted by atomic mass is 16.5. The van der Waals surface area contributed by atoms with E-state index in [0.29, 0.717) is 0 Å². The molecule has 0 bridgehead atoms. The molecule has 2 aliphatic heterocycles. The van der Waals surface area contributed by atoms with Crippen LogP contribution < -0.4 is 4.74 Å². The number of hydrogen-bond acceptors (Lipinski definition) is 2. The summed E-state index contributed by atoms with van der Waals surface area (Å²) in [7, 11) is 1.70. The van der Waals surface area contributed by atoms with E-state index in [0.717, 1.165) is 5.75 Å². The molecule has 0 saturated heterocycles. The van der Waals surface area contributed by atoms with Crippen molar-refractivity contribution in [2.75, 3.05) is 7.11 Å². The third-order valence-corrected chi connectivity index (χ3v) is 5.40. The molecular formula is C26H21NO. The predicted molar refractivity (Wildman–Crippen MR) is 115 cm³/mol. The fourth-order valence-corrected chi connectivity index (χ4v) is 4.03. The van der Waals surface area contributed by atoms with Crippen LogP contribution in [0.25, 0.3) is 17.5 Å². The Morgan fingerprint density at radius 1 is 0.786 bits per heavy atom. The minimum absolute atomic E-state index is 0.130. The van der Waals surface area contributed by atoms with Crippen LogP contribution in [-0.2, 0) is 0 Å². The normalized spacial score (nSPS) is 17.3. The third-order valence-electron chi connectivity index (χ3n) is 5.40. The van der Waals surface area contributed by atoms with Crippen LogP contribution in [0.3, 0.4) is 0 Å². The summed E-state index contributed by atoms with van der Waals surface area (Å²) in [5.41, 5.74) is 7.44. The molecule has 28 heavy (non-hydrogen) atoms. The fourth-order valence-electron chi connectivity index (χ4n) is 4.03. The second-order valence-electron chi connectivity index (χ2n) is 7.01. The minimum atomic E-state index is 0.130. The predicted octanol–water partition coefficient (Wildman–Crippen LogP) is 6.16. The molecule has 0 spiro atoms. The molecule has 2 heterocycles. The van der Waals surface area contributed by atoms with Gasteiger partial charge in [-0.05, 0) is 41.0 Å². The summed E-state index contributed by atoms with van der Waals surface area (Å²) in [4.78, 5) is 2.44. The van der Waals surface area contributed by atoms with Crippen molar-refractivity contribution in [1.29, 1.82) is 0 Å². The molecule has 0 radical (unpaired) electrons. The zero-order valence-electron chi connectivity index (χ0n) is 15.7. The smallest absolute Gasteiger partial charge is 0.118 e. The highest BCUT2D eigenvalue weighted by Crippen LogP contribution is 2.45. The molecule has 0 fully saturated rings. The Hall–Kier alpha value is -3.52. The van der Waals surface area contributed by atoms with Crippen LogP contribution >= 0.6 is 0 Å². The summed E-state index contributed by atoms with van der Waals surface area (Å²) in [5, 5.41) is 0. The first-order valence-electron chi connectivity index (χ1n) is 9.53. The lowest BCUT2D eigenvalue weighted by atomic mass is 9.89. The maximum absolute atomic E-state index is 5.35. The van der Waals surface area contributed by atoms with Gasteiger partial charge in [0.25, 0.3) is 0 Å². The van der Waals surface area contributed by atoms with E-state index < -0.39 is 0 Å². The van der Waals surface area contributed by atoms with E-state index in [4.69, 9.17) is 4.74 Å². The Bertz CT molecular complexity index is 1090. The van der Waals surface area contributed by atoms with Gasteiger partial charge >= 0.3 is 0 Å². The zero-order valence-corrected chi connectivity index (χ0v) is 15.7. The molecule has 1 atom stereocenters. The highest BCUT2D eigenvalue weighted by Gasteiger charge is 2.31. The molecule has 1 unspecified atom stereocenters. The average Bonchev–Trinajstić information content (AvgIpc) is 2.79. The van der Waals surface area contributed by atoms with Gasteiger partial charge in [-0.2, -0.15) is 0 Å². The van der Waals surface area contributed by atoms with Crippen LogP contribution in [-0.4, -0.2) is 12.0 Å². The lowest BCUT2D eigenvalue weighted by Crippen LogP contribution is -2.29. The van der Waals surface area contributed by atoms with Crippen molar-refractivity contribution in [3.05, 3.63) is 119 Å². The topological polar surface area (TPSA) is 12.5 Å². The number of rotatable bonds is 3. The van der Waals surface area contributed by atoms with E-state index in [2.05, 4.69) is 95.9 Å². The average molecular weight is 363 g/mol. The van der Waals surface area contributed by atoms with Crippen molar-refractivity contribution in [3.8, 4) is 5.75 Å². The lowest BCUT2D eigenvalue weighted by Gasteiger charge is -2.41. The van der Waals surface area contributed by atoms with E-state index in [-0.39, 0.29) is 6.04 Å². The molecule has 2 heteroatoms. The standard InChI is InChI=1S/C26H21NO/c1-28-22-16-14-20(15-17-22)24-12-7-13-25-23-11-6-5-10-21(23)18-26(27(24)25)19-8-3-2-4-9-19/h2-18,24H,1H3. The first-order valence-corrected chi connectivity index (χ1v) is 9.53. The Kier molecular flexibility index (Phi) is 4.10. The van der Waals surface area contributed by atoms with Crippen molar-refractivity contribution in [3.63, 3.8) is 0 Å². The van der Waals surface area contributed by atoms with E-state index in [1.54, 1.807) is 7.11 Å². The van der Waals surface area contributed by atoms with Crippen LogP contribution in [0, 0.1) is 0 Å². The van der Waals surface area contributed by atoms with Gasteiger partial charge in [-0.25, -0.2) is 0 Å². The number of fused-ring (bicyclic) bond motifs is 3. The van der Waals surface area contributed by atoms with Crippen LogP contribution in [0.5, 0.6) is 5.75 Å². The SMILES string of the molecule is COc1ccc(C2C=CC=C3c4ccccc4C=C(c4ccccc4)N32)cc1. The third kappa shape index (κ3) is 2.74. The van der Waals surface area contributed by atoms with Crippen molar-refractivity contribution in [2.45, 2.75) is 6.04 Å². The Morgan fingerprint density at radius 3 is 2.32 bits per heavy atom. The largest absolute Gasteiger partial charge is 0.497 e. The lowest BCUT2D eigenvalue weighted by molar-refractivity contribution is 0.414. The van der Waals surface area contributed by atoms with E-state index in [1.165, 1.54) is 33.6 Å². The maximum Gasteiger partial charge on any atom is 0.118 e. The molecule has 3 aromatic carbocycles. The van der Waals surface area contributed by atoms with E-state index in [9.17, 15) is 0 Å².